The standard InChI is InChI=1S/C18H19N3O3/c1-10-3-6-15-14(7-10)13(11(2)19-15)8-17(22)23-9-16-20-21-18(24-16)12-4-5-12/h3,6-7,12,19H,4-5,8-9H2,1-2H3. The summed E-state index contributed by atoms with van der Waals surface area (Å²) in [6.45, 7) is 4.04. The molecule has 0 unspecified atom stereocenters. The van der Waals surface area contributed by atoms with Crippen LogP contribution in [-0.4, -0.2) is 21.2 Å². The minimum absolute atomic E-state index is 0.0268. The van der Waals surface area contributed by atoms with Gasteiger partial charge in [0.1, 0.15) is 0 Å². The van der Waals surface area contributed by atoms with Crippen molar-refractivity contribution in [2.75, 3.05) is 0 Å². The SMILES string of the molecule is Cc1ccc2[nH]c(C)c(CC(=O)OCc3nnc(C4CC4)o3)c2c1. The molecule has 0 amide bonds. The Bertz CT molecular complexity index is 906. The number of nitrogens with zero attached hydrogens (tertiary/aromatic N) is 2. The molecule has 2 aromatic heterocycles. The van der Waals surface area contributed by atoms with Crippen LogP contribution in [0.3, 0.4) is 0 Å². The molecule has 1 aliphatic carbocycles. The number of carbonyl (C=O) groups excluding carboxylic acids is 1. The second-order valence-electron chi connectivity index (χ2n) is 6.42. The number of nitrogens with one attached hydrogen (secondary N) is 1. The highest BCUT2D eigenvalue weighted by Crippen LogP contribution is 2.39. The number of aromatic nitrogens is 3. The summed E-state index contributed by atoms with van der Waals surface area (Å²) in [6, 6.07) is 6.17. The van der Waals surface area contributed by atoms with Crippen LogP contribution >= 0.6 is 0 Å². The van der Waals surface area contributed by atoms with Gasteiger partial charge in [0.15, 0.2) is 6.61 Å². The van der Waals surface area contributed by atoms with Crippen LogP contribution in [0.5, 0.6) is 0 Å². The van der Waals surface area contributed by atoms with E-state index in [4.69, 9.17) is 9.15 Å². The molecule has 4 rings (SSSR count). The van der Waals surface area contributed by atoms with Crippen LogP contribution in [0.25, 0.3) is 10.9 Å². The fourth-order valence-electron chi connectivity index (χ4n) is 2.88. The minimum Gasteiger partial charge on any atom is -0.455 e. The lowest BCUT2D eigenvalue weighted by Crippen LogP contribution is -2.08. The quantitative estimate of drug-likeness (QED) is 0.728. The molecule has 1 aliphatic rings. The van der Waals surface area contributed by atoms with Gasteiger partial charge in [0, 0.05) is 22.5 Å². The van der Waals surface area contributed by atoms with Crippen LogP contribution in [0.2, 0.25) is 0 Å². The number of esters is 1. The van der Waals surface area contributed by atoms with E-state index in [0.29, 0.717) is 17.7 Å². The first-order chi connectivity index (χ1) is 11.6. The number of aryl methyl sites for hydroxylation is 2. The molecule has 1 aromatic carbocycles. The highest BCUT2D eigenvalue weighted by Gasteiger charge is 2.29. The van der Waals surface area contributed by atoms with Gasteiger partial charge < -0.3 is 14.1 Å². The Morgan fingerprint density at radius 1 is 1.33 bits per heavy atom. The Morgan fingerprint density at radius 2 is 2.17 bits per heavy atom. The van der Waals surface area contributed by atoms with E-state index in [1.165, 1.54) is 0 Å². The highest BCUT2D eigenvalue weighted by atomic mass is 16.5. The fraction of sp³-hybridized carbons (Fsp3) is 0.389. The highest BCUT2D eigenvalue weighted by molar-refractivity contribution is 5.89. The molecule has 0 saturated heterocycles. The van der Waals surface area contributed by atoms with Gasteiger partial charge in [-0.1, -0.05) is 11.6 Å². The van der Waals surface area contributed by atoms with Crippen molar-refractivity contribution in [1.29, 1.82) is 0 Å². The first kappa shape index (κ1) is 14.9. The third-order valence-corrected chi connectivity index (χ3v) is 4.36. The van der Waals surface area contributed by atoms with Crippen LogP contribution in [0, 0.1) is 13.8 Å². The number of fused-ring (bicyclic) bond motifs is 1. The summed E-state index contributed by atoms with van der Waals surface area (Å²) < 4.78 is 10.8. The molecule has 6 heteroatoms. The number of H-pyrrole nitrogens is 1. The van der Waals surface area contributed by atoms with E-state index >= 15 is 0 Å². The topological polar surface area (TPSA) is 81.0 Å². The lowest BCUT2D eigenvalue weighted by molar-refractivity contribution is -0.144. The molecule has 124 valence electrons. The maximum atomic E-state index is 12.2. The molecular formula is C18H19N3O3. The number of carbonyl (C=O) groups is 1. The average Bonchev–Trinajstić information content (AvgIpc) is 3.23. The van der Waals surface area contributed by atoms with Gasteiger partial charge in [-0.05, 0) is 44.4 Å². The van der Waals surface area contributed by atoms with Gasteiger partial charge in [0.2, 0.25) is 5.89 Å². The Kier molecular flexibility index (Phi) is 3.59. The van der Waals surface area contributed by atoms with Crippen LogP contribution in [0.15, 0.2) is 22.6 Å². The normalized spacial score (nSPS) is 14.2. The van der Waals surface area contributed by atoms with Crippen LogP contribution in [0.1, 0.15) is 47.4 Å². The zero-order valence-electron chi connectivity index (χ0n) is 13.8. The molecule has 6 nitrogen and oxygen atoms in total. The summed E-state index contributed by atoms with van der Waals surface area (Å²) in [7, 11) is 0. The van der Waals surface area contributed by atoms with Gasteiger partial charge >= 0.3 is 5.97 Å². The van der Waals surface area contributed by atoms with Gasteiger partial charge in [-0.25, -0.2) is 0 Å². The van der Waals surface area contributed by atoms with Gasteiger partial charge in [-0.2, -0.15) is 0 Å². The molecule has 0 spiro atoms. The van der Waals surface area contributed by atoms with Gasteiger partial charge in [0.25, 0.3) is 5.89 Å². The van der Waals surface area contributed by atoms with Crippen molar-refractivity contribution in [1.82, 2.24) is 15.2 Å². The average molecular weight is 325 g/mol. The Hall–Kier alpha value is -2.63. The first-order valence-electron chi connectivity index (χ1n) is 8.16. The number of ether oxygens (including phenoxy) is 1. The van der Waals surface area contributed by atoms with Crippen molar-refractivity contribution < 1.29 is 13.9 Å². The van der Waals surface area contributed by atoms with Crippen molar-refractivity contribution in [2.45, 2.75) is 45.6 Å². The summed E-state index contributed by atoms with van der Waals surface area (Å²) in [5.41, 5.74) is 4.16. The number of benzene rings is 1. The molecule has 1 N–H and O–H groups in total. The summed E-state index contributed by atoms with van der Waals surface area (Å²) in [5, 5.41) is 8.98. The van der Waals surface area contributed by atoms with Crippen LogP contribution in [-0.2, 0) is 22.6 Å². The lowest BCUT2D eigenvalue weighted by Gasteiger charge is -2.03. The zero-order chi connectivity index (χ0) is 16.7. The van der Waals surface area contributed by atoms with E-state index in [2.05, 4.69) is 21.2 Å². The second-order valence-corrected chi connectivity index (χ2v) is 6.42. The third kappa shape index (κ3) is 2.91. The Morgan fingerprint density at radius 3 is 2.96 bits per heavy atom. The molecule has 0 bridgehead atoms. The van der Waals surface area contributed by atoms with E-state index < -0.39 is 0 Å². The van der Waals surface area contributed by atoms with E-state index in [9.17, 15) is 4.79 Å². The summed E-state index contributed by atoms with van der Waals surface area (Å²) in [5.74, 6) is 1.12. The number of aromatic amines is 1. The Labute approximate surface area is 139 Å². The number of rotatable bonds is 5. The predicted molar refractivity (Wildman–Crippen MR) is 87.5 cm³/mol. The molecule has 24 heavy (non-hydrogen) atoms. The minimum atomic E-state index is -0.299. The fourth-order valence-corrected chi connectivity index (χ4v) is 2.88. The molecule has 0 aliphatic heterocycles. The number of hydrogen-bond donors (Lipinski definition) is 1. The maximum Gasteiger partial charge on any atom is 0.310 e. The van der Waals surface area contributed by atoms with Crippen molar-refractivity contribution >= 4 is 16.9 Å². The van der Waals surface area contributed by atoms with E-state index in [1.54, 1.807) is 0 Å². The first-order valence-corrected chi connectivity index (χ1v) is 8.16. The molecule has 3 aromatic rings. The molecule has 1 saturated carbocycles. The van der Waals surface area contributed by atoms with Crippen molar-refractivity contribution in [3.8, 4) is 0 Å². The third-order valence-electron chi connectivity index (χ3n) is 4.36. The number of hydrogen-bond acceptors (Lipinski definition) is 5. The maximum absolute atomic E-state index is 12.2. The Balaban J connectivity index is 1.43. The molecule has 2 heterocycles. The van der Waals surface area contributed by atoms with E-state index in [1.807, 2.05) is 26.0 Å². The largest absolute Gasteiger partial charge is 0.455 e. The van der Waals surface area contributed by atoms with Gasteiger partial charge in [-0.15, -0.1) is 10.2 Å². The van der Waals surface area contributed by atoms with E-state index in [0.717, 1.165) is 40.6 Å². The van der Waals surface area contributed by atoms with Crippen LogP contribution in [0.4, 0.5) is 0 Å². The summed E-state index contributed by atoms with van der Waals surface area (Å²) in [6.07, 6.45) is 2.42. The molecule has 0 atom stereocenters. The predicted octanol–water partition coefficient (Wildman–Crippen LogP) is 3.33. The summed E-state index contributed by atoms with van der Waals surface area (Å²) >= 11 is 0. The van der Waals surface area contributed by atoms with Crippen molar-refractivity contribution in [3.63, 3.8) is 0 Å². The smallest absolute Gasteiger partial charge is 0.310 e. The monoisotopic (exact) mass is 325 g/mol. The van der Waals surface area contributed by atoms with Crippen LogP contribution < -0.4 is 0 Å². The van der Waals surface area contributed by atoms with E-state index in [-0.39, 0.29) is 19.0 Å². The molecule has 0 radical (unpaired) electrons. The molecule has 1 fully saturated rings. The lowest BCUT2D eigenvalue weighted by atomic mass is 10.1. The second kappa shape index (κ2) is 5.78. The zero-order valence-corrected chi connectivity index (χ0v) is 13.8. The van der Waals surface area contributed by atoms with Gasteiger partial charge in [-0.3, -0.25) is 4.79 Å². The molecular weight excluding hydrogens is 306 g/mol. The van der Waals surface area contributed by atoms with Crippen molar-refractivity contribution in [2.24, 2.45) is 0 Å². The summed E-state index contributed by atoms with van der Waals surface area (Å²) in [4.78, 5) is 15.5. The van der Waals surface area contributed by atoms with Gasteiger partial charge in [0.05, 0.1) is 6.42 Å². The van der Waals surface area contributed by atoms with Crippen molar-refractivity contribution in [3.05, 3.63) is 46.8 Å².